The number of carbonyl (C=O) groups excluding carboxylic acids is 1. The van der Waals surface area contributed by atoms with Gasteiger partial charge in [-0.15, -0.1) is 10.2 Å². The fourth-order valence-corrected chi connectivity index (χ4v) is 3.73. The van der Waals surface area contributed by atoms with Gasteiger partial charge in [0.15, 0.2) is 11.6 Å². The molecule has 0 radical (unpaired) electrons. The molecule has 2 aromatic heterocycles. The molecule has 0 spiro atoms. The lowest BCUT2D eigenvalue weighted by molar-refractivity contribution is -0.0485. The highest BCUT2D eigenvalue weighted by Gasteiger charge is 2.21. The Morgan fingerprint density at radius 1 is 1.16 bits per heavy atom. The molecule has 0 bridgehead atoms. The number of ether oxygens (including phenoxy) is 1. The molecule has 5 rings (SSSR count). The second-order valence-electron chi connectivity index (χ2n) is 7.20. The zero-order chi connectivity index (χ0) is 22.1. The Morgan fingerprint density at radius 2 is 2.00 bits per heavy atom. The minimum atomic E-state index is -3.10. The van der Waals surface area contributed by atoms with E-state index in [1.807, 2.05) is 6.07 Å². The van der Waals surface area contributed by atoms with E-state index >= 15 is 0 Å². The standard InChI is InChI=1S/C22H18F2N6O2/c23-22(24)32-19-15-10-14(17-11-26-18-12-25-8-9-30(17)18)6-7-16(15)28-29-20(19)27-21(31)13-4-2-1-3-5-13/h1-7,10-11,22,25H,8-9,12H2,(H,27,29,31). The number of aromatic nitrogens is 4. The van der Waals surface area contributed by atoms with Gasteiger partial charge in [0.05, 0.1) is 24.0 Å². The molecule has 1 aliphatic heterocycles. The largest absolute Gasteiger partial charge is 0.430 e. The molecule has 0 saturated carbocycles. The minimum absolute atomic E-state index is 0.177. The van der Waals surface area contributed by atoms with Crippen molar-refractivity contribution in [2.45, 2.75) is 19.7 Å². The van der Waals surface area contributed by atoms with Crippen molar-refractivity contribution < 1.29 is 18.3 Å². The molecule has 0 aliphatic carbocycles. The average Bonchev–Trinajstić information content (AvgIpc) is 3.25. The van der Waals surface area contributed by atoms with Gasteiger partial charge in [0.1, 0.15) is 5.82 Å². The first-order valence-electron chi connectivity index (χ1n) is 9.97. The van der Waals surface area contributed by atoms with Crippen LogP contribution in [0.1, 0.15) is 16.2 Å². The molecule has 0 atom stereocenters. The van der Waals surface area contributed by atoms with Crippen LogP contribution in [0.3, 0.4) is 0 Å². The van der Waals surface area contributed by atoms with E-state index in [4.69, 9.17) is 4.74 Å². The van der Waals surface area contributed by atoms with Crippen molar-refractivity contribution in [1.29, 1.82) is 0 Å². The van der Waals surface area contributed by atoms with Gasteiger partial charge in [-0.2, -0.15) is 8.78 Å². The lowest BCUT2D eigenvalue weighted by Crippen LogP contribution is -2.28. The normalized spacial score (nSPS) is 13.2. The lowest BCUT2D eigenvalue weighted by Gasteiger charge is -2.18. The van der Waals surface area contributed by atoms with E-state index in [-0.39, 0.29) is 11.6 Å². The Morgan fingerprint density at radius 3 is 2.81 bits per heavy atom. The Bertz CT molecular complexity index is 1290. The van der Waals surface area contributed by atoms with Gasteiger partial charge in [0.25, 0.3) is 5.91 Å². The molecule has 0 fully saturated rings. The summed E-state index contributed by atoms with van der Waals surface area (Å²) in [5.74, 6) is -0.0227. The number of anilines is 1. The first-order chi connectivity index (χ1) is 15.6. The second-order valence-corrected chi connectivity index (χ2v) is 7.20. The Kier molecular flexibility index (Phi) is 5.20. The molecule has 0 unspecified atom stereocenters. The van der Waals surface area contributed by atoms with Crippen LogP contribution in [0.15, 0.2) is 54.7 Å². The number of fused-ring (bicyclic) bond motifs is 2. The fourth-order valence-electron chi connectivity index (χ4n) is 3.73. The van der Waals surface area contributed by atoms with Crippen molar-refractivity contribution in [3.05, 3.63) is 66.1 Å². The van der Waals surface area contributed by atoms with Crippen LogP contribution >= 0.6 is 0 Å². The molecule has 10 heteroatoms. The van der Waals surface area contributed by atoms with E-state index < -0.39 is 12.5 Å². The Labute approximate surface area is 181 Å². The molecule has 32 heavy (non-hydrogen) atoms. The molecule has 4 aromatic rings. The molecular formula is C22H18F2N6O2. The van der Waals surface area contributed by atoms with E-state index in [1.54, 1.807) is 48.7 Å². The van der Waals surface area contributed by atoms with Crippen LogP contribution in [0.25, 0.3) is 22.2 Å². The Balaban J connectivity index is 1.59. The second kappa shape index (κ2) is 8.31. The van der Waals surface area contributed by atoms with Crippen molar-refractivity contribution >= 4 is 22.6 Å². The van der Waals surface area contributed by atoms with Gasteiger partial charge in [-0.25, -0.2) is 4.98 Å². The lowest BCUT2D eigenvalue weighted by atomic mass is 10.1. The molecule has 3 heterocycles. The summed E-state index contributed by atoms with van der Waals surface area (Å²) in [5.41, 5.74) is 2.34. The van der Waals surface area contributed by atoms with Gasteiger partial charge in [-0.1, -0.05) is 24.3 Å². The zero-order valence-corrected chi connectivity index (χ0v) is 16.8. The quantitative estimate of drug-likeness (QED) is 0.498. The molecule has 0 saturated heterocycles. The van der Waals surface area contributed by atoms with E-state index in [1.165, 1.54) is 0 Å². The third-order valence-corrected chi connectivity index (χ3v) is 5.22. The summed E-state index contributed by atoms with van der Waals surface area (Å²) >= 11 is 0. The predicted octanol–water partition coefficient (Wildman–Crippen LogP) is 3.45. The molecular weight excluding hydrogens is 418 g/mol. The van der Waals surface area contributed by atoms with Crippen LogP contribution in [0.5, 0.6) is 5.75 Å². The maximum Gasteiger partial charge on any atom is 0.387 e. The first kappa shape index (κ1) is 20.0. The summed E-state index contributed by atoms with van der Waals surface area (Å²) in [4.78, 5) is 17.0. The van der Waals surface area contributed by atoms with Gasteiger partial charge in [0.2, 0.25) is 0 Å². The maximum atomic E-state index is 13.3. The predicted molar refractivity (Wildman–Crippen MR) is 113 cm³/mol. The monoisotopic (exact) mass is 436 g/mol. The van der Waals surface area contributed by atoms with Crippen molar-refractivity contribution in [3.63, 3.8) is 0 Å². The van der Waals surface area contributed by atoms with Crippen LogP contribution in [-0.4, -0.2) is 38.8 Å². The number of imidazole rings is 1. The van der Waals surface area contributed by atoms with Gasteiger partial charge in [0, 0.05) is 29.6 Å². The van der Waals surface area contributed by atoms with Gasteiger partial charge in [-0.3, -0.25) is 4.79 Å². The number of alkyl halides is 2. The highest BCUT2D eigenvalue weighted by molar-refractivity contribution is 6.06. The average molecular weight is 436 g/mol. The zero-order valence-electron chi connectivity index (χ0n) is 16.8. The molecule has 1 aliphatic rings. The highest BCUT2D eigenvalue weighted by atomic mass is 19.3. The number of hydrogen-bond acceptors (Lipinski definition) is 6. The third-order valence-electron chi connectivity index (χ3n) is 5.22. The Hall–Kier alpha value is -3.92. The summed E-state index contributed by atoms with van der Waals surface area (Å²) in [6.07, 6.45) is 1.75. The van der Waals surface area contributed by atoms with Crippen molar-refractivity contribution in [2.24, 2.45) is 0 Å². The van der Waals surface area contributed by atoms with Crippen LogP contribution in [-0.2, 0) is 13.1 Å². The molecule has 162 valence electrons. The molecule has 1 amide bonds. The van der Waals surface area contributed by atoms with Crippen LogP contribution in [0.2, 0.25) is 0 Å². The van der Waals surface area contributed by atoms with E-state index in [0.717, 1.165) is 30.2 Å². The van der Waals surface area contributed by atoms with Crippen LogP contribution in [0, 0.1) is 0 Å². The van der Waals surface area contributed by atoms with Gasteiger partial charge >= 0.3 is 6.61 Å². The summed E-state index contributed by atoms with van der Waals surface area (Å²) in [6.45, 7) is -0.887. The number of amides is 1. The fraction of sp³-hybridized carbons (Fsp3) is 0.182. The van der Waals surface area contributed by atoms with E-state index in [0.29, 0.717) is 23.0 Å². The number of nitrogens with zero attached hydrogens (tertiary/aromatic N) is 4. The van der Waals surface area contributed by atoms with Gasteiger partial charge in [-0.05, 0) is 24.3 Å². The molecule has 2 aromatic carbocycles. The number of benzene rings is 2. The van der Waals surface area contributed by atoms with E-state index in [9.17, 15) is 13.6 Å². The number of rotatable bonds is 5. The van der Waals surface area contributed by atoms with Crippen molar-refractivity contribution in [1.82, 2.24) is 25.1 Å². The number of halogens is 2. The SMILES string of the molecule is O=C(Nc1nnc2ccc(-c3cnc4n3CCNC4)cc2c1OC(F)F)c1ccccc1. The van der Waals surface area contributed by atoms with Crippen LogP contribution in [0.4, 0.5) is 14.6 Å². The van der Waals surface area contributed by atoms with Crippen molar-refractivity contribution in [2.75, 3.05) is 11.9 Å². The first-order valence-corrected chi connectivity index (χ1v) is 9.97. The number of hydrogen-bond donors (Lipinski definition) is 2. The topological polar surface area (TPSA) is 94.0 Å². The summed E-state index contributed by atoms with van der Waals surface area (Å²) < 4.78 is 33.4. The molecule has 2 N–H and O–H groups in total. The molecule has 8 nitrogen and oxygen atoms in total. The number of nitrogens with one attached hydrogen (secondary N) is 2. The highest BCUT2D eigenvalue weighted by Crippen LogP contribution is 2.35. The van der Waals surface area contributed by atoms with Crippen molar-refractivity contribution in [3.8, 4) is 17.0 Å². The van der Waals surface area contributed by atoms with Gasteiger partial charge < -0.3 is 19.9 Å². The summed E-state index contributed by atoms with van der Waals surface area (Å²) in [6, 6.07) is 13.6. The summed E-state index contributed by atoms with van der Waals surface area (Å²) in [7, 11) is 0. The third kappa shape index (κ3) is 3.76. The number of carbonyl (C=O) groups is 1. The van der Waals surface area contributed by atoms with Crippen LogP contribution < -0.4 is 15.4 Å². The smallest absolute Gasteiger partial charge is 0.387 e. The minimum Gasteiger partial charge on any atom is -0.430 e. The van der Waals surface area contributed by atoms with E-state index in [2.05, 4.69) is 30.4 Å². The summed E-state index contributed by atoms with van der Waals surface area (Å²) in [5, 5.41) is 14.1. The maximum absolute atomic E-state index is 13.3.